The molecular formula is C11H14O3S. The molecule has 0 heterocycles. The van der Waals surface area contributed by atoms with Crippen molar-refractivity contribution >= 4 is 17.7 Å². The summed E-state index contributed by atoms with van der Waals surface area (Å²) in [6, 6.07) is 8.86. The van der Waals surface area contributed by atoms with Crippen LogP contribution in [0.5, 0.6) is 0 Å². The molecule has 4 heteroatoms. The standard InChI is InChI=1S/C11H14O3S/c1-15-8-11(7-12,10(13)14)9-5-3-2-4-6-9/h2-6,12H,7-8H2,1H3,(H,13,14). The number of aliphatic carboxylic acids is 1. The summed E-state index contributed by atoms with van der Waals surface area (Å²) >= 11 is 1.42. The van der Waals surface area contributed by atoms with E-state index in [9.17, 15) is 15.0 Å². The summed E-state index contributed by atoms with van der Waals surface area (Å²) < 4.78 is 0. The van der Waals surface area contributed by atoms with E-state index in [2.05, 4.69) is 0 Å². The first-order valence-electron chi connectivity index (χ1n) is 4.56. The van der Waals surface area contributed by atoms with E-state index in [1.54, 1.807) is 24.3 Å². The molecule has 3 nitrogen and oxygen atoms in total. The minimum absolute atomic E-state index is 0.364. The lowest BCUT2D eigenvalue weighted by molar-refractivity contribution is -0.144. The summed E-state index contributed by atoms with van der Waals surface area (Å²) in [5.74, 6) is -0.617. The number of aliphatic hydroxyl groups is 1. The second-order valence-electron chi connectivity index (χ2n) is 3.34. The molecular weight excluding hydrogens is 212 g/mol. The third kappa shape index (κ3) is 2.33. The Balaban J connectivity index is 3.15. The summed E-state index contributed by atoms with van der Waals surface area (Å²) in [5, 5.41) is 18.6. The molecule has 0 saturated carbocycles. The number of thioether (sulfide) groups is 1. The van der Waals surface area contributed by atoms with Crippen molar-refractivity contribution in [3.63, 3.8) is 0 Å². The number of carboxylic acid groups (broad SMARTS) is 1. The molecule has 82 valence electrons. The van der Waals surface area contributed by atoms with Crippen LogP contribution in [0, 0.1) is 0 Å². The van der Waals surface area contributed by atoms with Gasteiger partial charge in [0.2, 0.25) is 0 Å². The first kappa shape index (κ1) is 12.1. The van der Waals surface area contributed by atoms with Gasteiger partial charge in [-0.3, -0.25) is 4.79 Å². The van der Waals surface area contributed by atoms with Gasteiger partial charge in [0.15, 0.2) is 0 Å². The molecule has 0 amide bonds. The quantitative estimate of drug-likeness (QED) is 0.796. The minimum Gasteiger partial charge on any atom is -0.480 e. The maximum atomic E-state index is 11.3. The van der Waals surface area contributed by atoms with Crippen molar-refractivity contribution in [3.8, 4) is 0 Å². The molecule has 15 heavy (non-hydrogen) atoms. The number of carbonyl (C=O) groups is 1. The number of carboxylic acids is 1. The first-order valence-corrected chi connectivity index (χ1v) is 5.95. The van der Waals surface area contributed by atoms with Crippen LogP contribution in [0.25, 0.3) is 0 Å². The van der Waals surface area contributed by atoms with Crippen LogP contribution in [0.4, 0.5) is 0 Å². The fourth-order valence-corrected chi connectivity index (χ4v) is 2.35. The maximum Gasteiger partial charge on any atom is 0.317 e. The molecule has 1 rings (SSSR count). The van der Waals surface area contributed by atoms with Crippen molar-refractivity contribution in [2.75, 3.05) is 18.6 Å². The summed E-state index contributed by atoms with van der Waals surface area (Å²) in [6.07, 6.45) is 1.83. The van der Waals surface area contributed by atoms with Crippen LogP contribution >= 0.6 is 11.8 Å². The Bertz CT molecular complexity index is 326. The monoisotopic (exact) mass is 226 g/mol. The summed E-state index contributed by atoms with van der Waals surface area (Å²) in [6.45, 7) is -0.382. The van der Waals surface area contributed by atoms with E-state index < -0.39 is 11.4 Å². The SMILES string of the molecule is CSCC(CO)(C(=O)O)c1ccccc1. The average molecular weight is 226 g/mol. The Kier molecular flexibility index (Phi) is 4.17. The molecule has 0 spiro atoms. The zero-order valence-electron chi connectivity index (χ0n) is 8.51. The molecule has 0 radical (unpaired) electrons. The van der Waals surface area contributed by atoms with Gasteiger partial charge in [0.05, 0.1) is 6.61 Å². The second kappa shape index (κ2) is 5.19. The number of hydrogen-bond acceptors (Lipinski definition) is 3. The van der Waals surface area contributed by atoms with Crippen LogP contribution in [0.1, 0.15) is 5.56 Å². The van der Waals surface area contributed by atoms with Gasteiger partial charge in [0, 0.05) is 5.75 Å². The molecule has 0 aliphatic carbocycles. The summed E-state index contributed by atoms with van der Waals surface area (Å²) in [4.78, 5) is 11.3. The predicted octanol–water partition coefficient (Wildman–Crippen LogP) is 1.36. The third-order valence-electron chi connectivity index (χ3n) is 2.40. The fraction of sp³-hybridized carbons (Fsp3) is 0.364. The Morgan fingerprint density at radius 1 is 1.40 bits per heavy atom. The zero-order chi connectivity index (χ0) is 11.3. The van der Waals surface area contributed by atoms with Gasteiger partial charge in [0.25, 0.3) is 0 Å². The number of rotatable bonds is 5. The lowest BCUT2D eigenvalue weighted by atomic mass is 9.83. The third-order valence-corrected chi connectivity index (χ3v) is 3.18. The molecule has 0 fully saturated rings. The van der Waals surface area contributed by atoms with Crippen molar-refractivity contribution in [2.45, 2.75) is 5.41 Å². The Hall–Kier alpha value is -1.00. The molecule has 1 unspecified atom stereocenters. The van der Waals surface area contributed by atoms with Crippen LogP contribution in [0.2, 0.25) is 0 Å². The van der Waals surface area contributed by atoms with Crippen LogP contribution in [0.3, 0.4) is 0 Å². The van der Waals surface area contributed by atoms with Crippen LogP contribution < -0.4 is 0 Å². The smallest absolute Gasteiger partial charge is 0.317 e. The Morgan fingerprint density at radius 3 is 2.40 bits per heavy atom. The van der Waals surface area contributed by atoms with E-state index in [0.29, 0.717) is 11.3 Å². The van der Waals surface area contributed by atoms with Crippen molar-refractivity contribution < 1.29 is 15.0 Å². The van der Waals surface area contributed by atoms with Gasteiger partial charge in [0.1, 0.15) is 5.41 Å². The van der Waals surface area contributed by atoms with Crippen LogP contribution in [0.15, 0.2) is 30.3 Å². The lowest BCUT2D eigenvalue weighted by Gasteiger charge is -2.26. The highest BCUT2D eigenvalue weighted by Crippen LogP contribution is 2.27. The molecule has 0 aliphatic rings. The van der Waals surface area contributed by atoms with E-state index in [0.717, 1.165) is 0 Å². The fourth-order valence-electron chi connectivity index (χ4n) is 1.48. The van der Waals surface area contributed by atoms with Gasteiger partial charge in [-0.1, -0.05) is 30.3 Å². The van der Waals surface area contributed by atoms with E-state index in [4.69, 9.17) is 0 Å². The van der Waals surface area contributed by atoms with Gasteiger partial charge in [-0.2, -0.15) is 11.8 Å². The zero-order valence-corrected chi connectivity index (χ0v) is 9.33. The second-order valence-corrected chi connectivity index (χ2v) is 4.21. The van der Waals surface area contributed by atoms with Crippen molar-refractivity contribution in [1.29, 1.82) is 0 Å². The van der Waals surface area contributed by atoms with Gasteiger partial charge in [-0.25, -0.2) is 0 Å². The van der Waals surface area contributed by atoms with E-state index in [-0.39, 0.29) is 6.61 Å². The highest BCUT2D eigenvalue weighted by Gasteiger charge is 2.39. The number of benzene rings is 1. The number of hydrogen-bond donors (Lipinski definition) is 2. The van der Waals surface area contributed by atoms with Gasteiger partial charge >= 0.3 is 5.97 Å². The Labute approximate surface area is 93.1 Å². The first-order chi connectivity index (χ1) is 7.17. The molecule has 2 N–H and O–H groups in total. The summed E-state index contributed by atoms with van der Waals surface area (Å²) in [7, 11) is 0. The average Bonchev–Trinajstić information content (AvgIpc) is 2.26. The van der Waals surface area contributed by atoms with Gasteiger partial charge < -0.3 is 10.2 Å². The largest absolute Gasteiger partial charge is 0.480 e. The minimum atomic E-state index is -1.18. The molecule has 0 saturated heterocycles. The summed E-state index contributed by atoms with van der Waals surface area (Å²) in [5.41, 5.74) is -0.532. The van der Waals surface area contributed by atoms with Crippen molar-refractivity contribution in [1.82, 2.24) is 0 Å². The normalized spacial score (nSPS) is 14.5. The van der Waals surface area contributed by atoms with E-state index in [1.807, 2.05) is 12.3 Å². The highest BCUT2D eigenvalue weighted by atomic mass is 32.2. The maximum absolute atomic E-state index is 11.3. The predicted molar refractivity (Wildman–Crippen MR) is 61.2 cm³/mol. The highest BCUT2D eigenvalue weighted by molar-refractivity contribution is 7.98. The van der Waals surface area contributed by atoms with Crippen molar-refractivity contribution in [3.05, 3.63) is 35.9 Å². The van der Waals surface area contributed by atoms with Gasteiger partial charge in [-0.05, 0) is 11.8 Å². The molecule has 0 aliphatic heterocycles. The molecule has 0 aromatic heterocycles. The van der Waals surface area contributed by atoms with E-state index in [1.165, 1.54) is 11.8 Å². The molecule has 1 aromatic carbocycles. The molecule has 1 aromatic rings. The molecule has 1 atom stereocenters. The lowest BCUT2D eigenvalue weighted by Crippen LogP contribution is -2.42. The Morgan fingerprint density at radius 2 is 2.00 bits per heavy atom. The topological polar surface area (TPSA) is 57.5 Å². The van der Waals surface area contributed by atoms with E-state index >= 15 is 0 Å². The molecule has 0 bridgehead atoms. The van der Waals surface area contributed by atoms with Gasteiger partial charge in [-0.15, -0.1) is 0 Å². The van der Waals surface area contributed by atoms with Crippen molar-refractivity contribution in [2.24, 2.45) is 0 Å². The van der Waals surface area contributed by atoms with Crippen LogP contribution in [-0.2, 0) is 10.2 Å². The van der Waals surface area contributed by atoms with Crippen LogP contribution in [-0.4, -0.2) is 34.8 Å². The number of aliphatic hydroxyl groups excluding tert-OH is 1.